The minimum Gasteiger partial charge on any atom is -0.379 e. The molecule has 0 radical (unpaired) electrons. The van der Waals surface area contributed by atoms with Crippen molar-refractivity contribution in [3.8, 4) is 0 Å². The smallest absolute Gasteiger partial charge is 0.253 e. The van der Waals surface area contributed by atoms with E-state index in [1.807, 2.05) is 6.92 Å². The largest absolute Gasteiger partial charge is 0.379 e. The Labute approximate surface area is 161 Å². The maximum absolute atomic E-state index is 13.1. The van der Waals surface area contributed by atoms with E-state index in [0.29, 0.717) is 57.9 Å². The number of sulfonamides is 1. The Kier molecular flexibility index (Phi) is 5.90. The molecule has 1 atom stereocenters. The normalized spacial score (nSPS) is 24.3. The lowest BCUT2D eigenvalue weighted by Gasteiger charge is -2.27. The van der Waals surface area contributed by atoms with Crippen molar-refractivity contribution in [3.05, 3.63) is 29.3 Å². The third-order valence-electron chi connectivity index (χ3n) is 5.62. The van der Waals surface area contributed by atoms with E-state index in [4.69, 9.17) is 10.5 Å². The summed E-state index contributed by atoms with van der Waals surface area (Å²) in [6.07, 6.45) is 1.45. The second kappa shape index (κ2) is 7.87. The molecular weight excluding hydrogens is 366 g/mol. The Balaban J connectivity index is 1.91. The van der Waals surface area contributed by atoms with Crippen molar-refractivity contribution in [2.24, 2.45) is 11.1 Å². The van der Waals surface area contributed by atoms with E-state index >= 15 is 0 Å². The Morgan fingerprint density at radius 1 is 1.26 bits per heavy atom. The van der Waals surface area contributed by atoms with Crippen LogP contribution in [0.3, 0.4) is 0 Å². The predicted octanol–water partition coefficient (Wildman–Crippen LogP) is 1.08. The van der Waals surface area contributed by atoms with Gasteiger partial charge >= 0.3 is 0 Å². The van der Waals surface area contributed by atoms with Crippen molar-refractivity contribution >= 4 is 15.9 Å². The zero-order valence-corrected chi connectivity index (χ0v) is 16.9. The van der Waals surface area contributed by atoms with Crippen LogP contribution in [0.15, 0.2) is 23.1 Å². The fraction of sp³-hybridized carbons (Fsp3) is 0.632. The number of carbonyl (C=O) groups excluding carboxylic acids is 1. The molecule has 150 valence electrons. The van der Waals surface area contributed by atoms with Crippen molar-refractivity contribution in [3.63, 3.8) is 0 Å². The molecule has 2 heterocycles. The molecule has 1 aromatic carbocycles. The van der Waals surface area contributed by atoms with Crippen molar-refractivity contribution in [1.82, 2.24) is 9.21 Å². The number of nitrogens with zero attached hydrogens (tertiary/aromatic N) is 2. The molecule has 8 heteroatoms. The van der Waals surface area contributed by atoms with Crippen LogP contribution in [0.2, 0.25) is 0 Å². The van der Waals surface area contributed by atoms with E-state index in [0.717, 1.165) is 12.0 Å². The highest BCUT2D eigenvalue weighted by atomic mass is 32.2. The van der Waals surface area contributed by atoms with Crippen molar-refractivity contribution in [2.45, 2.75) is 31.6 Å². The van der Waals surface area contributed by atoms with E-state index in [9.17, 15) is 13.2 Å². The van der Waals surface area contributed by atoms with Crippen LogP contribution >= 0.6 is 0 Å². The van der Waals surface area contributed by atoms with Gasteiger partial charge in [0.1, 0.15) is 0 Å². The van der Waals surface area contributed by atoms with Gasteiger partial charge in [-0.2, -0.15) is 4.31 Å². The monoisotopic (exact) mass is 395 g/mol. The molecule has 2 N–H and O–H groups in total. The minimum absolute atomic E-state index is 0.0677. The van der Waals surface area contributed by atoms with Crippen LogP contribution in [0.5, 0.6) is 0 Å². The molecule has 0 saturated carbocycles. The Bertz CT molecular complexity index is 805. The summed E-state index contributed by atoms with van der Waals surface area (Å²) in [7, 11) is -3.65. The number of likely N-dealkylation sites (tertiary alicyclic amines) is 1. The Morgan fingerprint density at radius 3 is 2.56 bits per heavy atom. The van der Waals surface area contributed by atoms with E-state index in [-0.39, 0.29) is 16.2 Å². The lowest BCUT2D eigenvalue weighted by molar-refractivity contribution is 0.0729. The Hall–Kier alpha value is -1.48. The summed E-state index contributed by atoms with van der Waals surface area (Å²) in [5, 5.41) is 0. The van der Waals surface area contributed by atoms with Crippen LogP contribution in [0.1, 0.15) is 36.2 Å². The lowest BCUT2D eigenvalue weighted by Crippen LogP contribution is -2.41. The number of hydrogen-bond donors (Lipinski definition) is 1. The highest BCUT2D eigenvalue weighted by Crippen LogP contribution is 2.30. The first-order valence-electron chi connectivity index (χ1n) is 9.51. The van der Waals surface area contributed by atoms with E-state index < -0.39 is 10.0 Å². The molecule has 2 fully saturated rings. The van der Waals surface area contributed by atoms with Crippen LogP contribution in [-0.2, 0) is 21.2 Å². The van der Waals surface area contributed by atoms with Crippen LogP contribution in [0, 0.1) is 5.41 Å². The third-order valence-corrected chi connectivity index (χ3v) is 7.60. The zero-order valence-electron chi connectivity index (χ0n) is 16.1. The molecule has 0 spiro atoms. The number of carbonyl (C=O) groups is 1. The lowest BCUT2D eigenvalue weighted by atomic mass is 9.90. The SMILES string of the molecule is CCc1ccc(C(=O)N2CCC(C)(CN)C2)cc1S(=O)(=O)N1CCOCC1. The summed E-state index contributed by atoms with van der Waals surface area (Å²) in [5.41, 5.74) is 6.92. The zero-order chi connectivity index (χ0) is 19.7. The van der Waals surface area contributed by atoms with Gasteiger partial charge in [-0.25, -0.2) is 8.42 Å². The highest BCUT2D eigenvalue weighted by molar-refractivity contribution is 7.89. The van der Waals surface area contributed by atoms with Crippen LogP contribution in [0.4, 0.5) is 0 Å². The molecule has 2 aliphatic heterocycles. The second-order valence-corrected chi connectivity index (χ2v) is 9.59. The number of morpholine rings is 1. The van der Waals surface area contributed by atoms with Gasteiger partial charge in [0.25, 0.3) is 5.91 Å². The average Bonchev–Trinajstić information content (AvgIpc) is 3.10. The molecule has 2 aliphatic rings. The maximum Gasteiger partial charge on any atom is 0.253 e. The molecule has 7 nitrogen and oxygen atoms in total. The molecule has 0 bridgehead atoms. The first kappa shape index (κ1) is 20.3. The molecule has 2 saturated heterocycles. The summed E-state index contributed by atoms with van der Waals surface area (Å²) in [5.74, 6) is -0.131. The molecule has 0 aliphatic carbocycles. The number of hydrogen-bond acceptors (Lipinski definition) is 5. The minimum atomic E-state index is -3.65. The molecule has 27 heavy (non-hydrogen) atoms. The number of benzene rings is 1. The number of aryl methyl sites for hydroxylation is 1. The molecule has 0 aromatic heterocycles. The summed E-state index contributed by atoms with van der Waals surface area (Å²) < 4.78 is 33.0. The Morgan fingerprint density at radius 2 is 1.96 bits per heavy atom. The molecule has 1 amide bonds. The first-order valence-corrected chi connectivity index (χ1v) is 10.9. The van der Waals surface area contributed by atoms with Gasteiger partial charge in [0.05, 0.1) is 18.1 Å². The average molecular weight is 396 g/mol. The van der Waals surface area contributed by atoms with Crippen molar-refractivity contribution < 1.29 is 17.9 Å². The number of ether oxygens (including phenoxy) is 1. The molecule has 3 rings (SSSR count). The molecule has 1 aromatic rings. The number of amides is 1. The topological polar surface area (TPSA) is 92.9 Å². The summed E-state index contributed by atoms with van der Waals surface area (Å²) >= 11 is 0. The number of nitrogens with two attached hydrogens (primary N) is 1. The first-order chi connectivity index (χ1) is 12.8. The quantitative estimate of drug-likeness (QED) is 0.805. The fourth-order valence-corrected chi connectivity index (χ4v) is 5.42. The van der Waals surface area contributed by atoms with Gasteiger partial charge in [-0.05, 0) is 42.5 Å². The van der Waals surface area contributed by atoms with Gasteiger partial charge in [0.15, 0.2) is 0 Å². The third kappa shape index (κ3) is 4.03. The summed E-state index contributed by atoms with van der Waals surface area (Å²) in [4.78, 5) is 15.0. The predicted molar refractivity (Wildman–Crippen MR) is 103 cm³/mol. The van der Waals surface area contributed by atoms with Gasteiger partial charge in [0.2, 0.25) is 10.0 Å². The van der Waals surface area contributed by atoms with Crippen LogP contribution in [0.25, 0.3) is 0 Å². The summed E-state index contributed by atoms with van der Waals surface area (Å²) in [6, 6.07) is 5.04. The van der Waals surface area contributed by atoms with Crippen molar-refractivity contribution in [1.29, 1.82) is 0 Å². The van der Waals surface area contributed by atoms with E-state index in [2.05, 4.69) is 6.92 Å². The molecular formula is C19H29N3O4S. The van der Waals surface area contributed by atoms with Crippen molar-refractivity contribution in [2.75, 3.05) is 45.9 Å². The van der Waals surface area contributed by atoms with E-state index in [1.165, 1.54) is 4.31 Å². The standard InChI is InChI=1S/C19H29N3O4S/c1-3-15-4-5-16(18(23)21-7-6-19(2,13-20)14-21)12-17(15)27(24,25)22-8-10-26-11-9-22/h4-5,12H,3,6-11,13-14,20H2,1-2H3. The summed E-state index contributed by atoms with van der Waals surface area (Å²) in [6.45, 7) is 7.24. The van der Waals surface area contributed by atoms with Gasteiger partial charge < -0.3 is 15.4 Å². The van der Waals surface area contributed by atoms with Gasteiger partial charge in [-0.1, -0.05) is 19.9 Å². The van der Waals surface area contributed by atoms with Gasteiger partial charge in [0, 0.05) is 31.7 Å². The van der Waals surface area contributed by atoms with Gasteiger partial charge in [-0.3, -0.25) is 4.79 Å². The molecule has 1 unspecified atom stereocenters. The second-order valence-electron chi connectivity index (χ2n) is 7.68. The van der Waals surface area contributed by atoms with Crippen LogP contribution in [-0.4, -0.2) is 69.5 Å². The van der Waals surface area contributed by atoms with Crippen LogP contribution < -0.4 is 5.73 Å². The van der Waals surface area contributed by atoms with Gasteiger partial charge in [-0.15, -0.1) is 0 Å². The maximum atomic E-state index is 13.1. The van der Waals surface area contributed by atoms with E-state index in [1.54, 1.807) is 23.1 Å². The number of rotatable bonds is 5. The fourth-order valence-electron chi connectivity index (χ4n) is 3.69. The highest BCUT2D eigenvalue weighted by Gasteiger charge is 2.36.